The average Bonchev–Trinajstić information content (AvgIpc) is 2.44. The lowest BCUT2D eigenvalue weighted by molar-refractivity contribution is -0.384. The fraction of sp³-hybridized carbons (Fsp3) is 0.462. The van der Waals surface area contributed by atoms with Crippen molar-refractivity contribution in [1.29, 1.82) is 0 Å². The molecule has 0 saturated heterocycles. The summed E-state index contributed by atoms with van der Waals surface area (Å²) >= 11 is 0. The number of rotatable bonds is 7. The lowest BCUT2D eigenvalue weighted by atomic mass is 10.1. The minimum Gasteiger partial charge on any atom is -0.387 e. The number of nitro groups is 1. The quantitative estimate of drug-likeness (QED) is 0.587. The Morgan fingerprint density at radius 1 is 1.50 bits per heavy atom. The summed E-state index contributed by atoms with van der Waals surface area (Å²) in [4.78, 5) is 22.3. The molecule has 7 heteroatoms. The normalized spacial score (nSPS) is 11.8. The Hall–Kier alpha value is -2.15. The lowest BCUT2D eigenvalue weighted by Gasteiger charge is -2.14. The highest BCUT2D eigenvalue weighted by atomic mass is 16.6. The van der Waals surface area contributed by atoms with Crippen LogP contribution in [0.1, 0.15) is 24.2 Å². The van der Waals surface area contributed by atoms with E-state index in [1.807, 2.05) is 13.8 Å². The third kappa shape index (κ3) is 4.20. The Kier molecular flexibility index (Phi) is 5.92. The summed E-state index contributed by atoms with van der Waals surface area (Å²) in [6, 6.07) is 4.12. The van der Waals surface area contributed by atoms with Gasteiger partial charge < -0.3 is 15.4 Å². The number of nitrogens with one attached hydrogen (secondary N) is 2. The van der Waals surface area contributed by atoms with Crippen LogP contribution < -0.4 is 10.6 Å². The summed E-state index contributed by atoms with van der Waals surface area (Å²) in [6.07, 6.45) is -0.110. The van der Waals surface area contributed by atoms with E-state index in [-0.39, 0.29) is 23.3 Å². The molecule has 0 spiro atoms. The van der Waals surface area contributed by atoms with Gasteiger partial charge in [0, 0.05) is 38.0 Å². The molecule has 0 aliphatic heterocycles. The zero-order valence-electron chi connectivity index (χ0n) is 11.8. The van der Waals surface area contributed by atoms with Gasteiger partial charge in [-0.2, -0.15) is 0 Å². The van der Waals surface area contributed by atoms with Gasteiger partial charge in [0.2, 0.25) is 0 Å². The van der Waals surface area contributed by atoms with Crippen molar-refractivity contribution in [2.75, 3.05) is 25.5 Å². The van der Waals surface area contributed by atoms with Crippen molar-refractivity contribution >= 4 is 17.3 Å². The van der Waals surface area contributed by atoms with Gasteiger partial charge >= 0.3 is 0 Å². The van der Waals surface area contributed by atoms with Crippen molar-refractivity contribution < 1.29 is 14.5 Å². The minimum absolute atomic E-state index is 0.110. The van der Waals surface area contributed by atoms with Crippen LogP contribution in [0.15, 0.2) is 18.2 Å². The van der Waals surface area contributed by atoms with Crippen LogP contribution in [0.5, 0.6) is 0 Å². The smallest absolute Gasteiger partial charge is 0.270 e. The summed E-state index contributed by atoms with van der Waals surface area (Å²) in [6.45, 7) is 4.63. The van der Waals surface area contributed by atoms with Crippen molar-refractivity contribution in [3.63, 3.8) is 0 Å². The van der Waals surface area contributed by atoms with Crippen LogP contribution in [0.2, 0.25) is 0 Å². The van der Waals surface area contributed by atoms with E-state index in [4.69, 9.17) is 4.74 Å². The van der Waals surface area contributed by atoms with Crippen LogP contribution in [0.25, 0.3) is 0 Å². The van der Waals surface area contributed by atoms with Gasteiger partial charge in [0.1, 0.15) is 0 Å². The number of benzene rings is 1. The number of anilines is 1. The van der Waals surface area contributed by atoms with Crippen LogP contribution >= 0.6 is 0 Å². The number of nitro benzene ring substituents is 1. The summed E-state index contributed by atoms with van der Waals surface area (Å²) in [5.41, 5.74) is 0.662. The highest BCUT2D eigenvalue weighted by Crippen LogP contribution is 2.21. The van der Waals surface area contributed by atoms with E-state index in [0.29, 0.717) is 18.8 Å². The molecule has 1 amide bonds. The maximum Gasteiger partial charge on any atom is 0.270 e. The SMILES string of the molecule is CCOC(C)CNC(=O)c1cc([N+](=O)[O-])ccc1NC. The zero-order valence-corrected chi connectivity index (χ0v) is 11.8. The molecule has 0 aliphatic carbocycles. The van der Waals surface area contributed by atoms with Crippen molar-refractivity contribution in [3.05, 3.63) is 33.9 Å². The zero-order chi connectivity index (χ0) is 15.1. The summed E-state index contributed by atoms with van der Waals surface area (Å²) in [5, 5.41) is 16.3. The largest absolute Gasteiger partial charge is 0.387 e. The van der Waals surface area contributed by atoms with E-state index >= 15 is 0 Å². The third-order valence-electron chi connectivity index (χ3n) is 2.73. The maximum absolute atomic E-state index is 12.1. The van der Waals surface area contributed by atoms with Gasteiger partial charge in [0.05, 0.1) is 16.6 Å². The number of hydrogen-bond acceptors (Lipinski definition) is 5. The van der Waals surface area contributed by atoms with Gasteiger partial charge in [0.25, 0.3) is 11.6 Å². The van der Waals surface area contributed by atoms with E-state index in [1.165, 1.54) is 18.2 Å². The predicted octanol–water partition coefficient (Wildman–Crippen LogP) is 1.79. The van der Waals surface area contributed by atoms with Crippen molar-refractivity contribution in [2.24, 2.45) is 0 Å². The highest BCUT2D eigenvalue weighted by molar-refractivity contribution is 6.00. The Labute approximate surface area is 117 Å². The molecule has 2 N–H and O–H groups in total. The molecule has 0 bridgehead atoms. The molecule has 0 fully saturated rings. The molecule has 20 heavy (non-hydrogen) atoms. The third-order valence-corrected chi connectivity index (χ3v) is 2.73. The number of non-ortho nitro benzene ring substituents is 1. The summed E-state index contributed by atoms with van der Waals surface area (Å²) < 4.78 is 5.31. The molecular weight excluding hydrogens is 262 g/mol. The molecular formula is C13H19N3O4. The first-order chi connectivity index (χ1) is 9.49. The van der Waals surface area contributed by atoms with Crippen LogP contribution in [-0.4, -0.2) is 37.1 Å². The topological polar surface area (TPSA) is 93.5 Å². The van der Waals surface area contributed by atoms with Crippen molar-refractivity contribution in [1.82, 2.24) is 5.32 Å². The Morgan fingerprint density at radius 3 is 2.75 bits per heavy atom. The monoisotopic (exact) mass is 281 g/mol. The first-order valence-corrected chi connectivity index (χ1v) is 6.35. The van der Waals surface area contributed by atoms with Gasteiger partial charge in [-0.15, -0.1) is 0 Å². The number of amides is 1. The van der Waals surface area contributed by atoms with E-state index < -0.39 is 4.92 Å². The maximum atomic E-state index is 12.1. The van der Waals surface area contributed by atoms with Gasteiger partial charge in [-0.3, -0.25) is 14.9 Å². The highest BCUT2D eigenvalue weighted by Gasteiger charge is 2.16. The van der Waals surface area contributed by atoms with E-state index in [0.717, 1.165) is 0 Å². The van der Waals surface area contributed by atoms with Crippen molar-refractivity contribution in [2.45, 2.75) is 20.0 Å². The molecule has 1 aromatic rings. The van der Waals surface area contributed by atoms with Crippen LogP contribution in [0.3, 0.4) is 0 Å². The number of nitrogens with zero attached hydrogens (tertiary/aromatic N) is 1. The van der Waals surface area contributed by atoms with Crippen LogP contribution in [0, 0.1) is 10.1 Å². The van der Waals surface area contributed by atoms with E-state index in [2.05, 4.69) is 10.6 Å². The van der Waals surface area contributed by atoms with Gasteiger partial charge in [-0.25, -0.2) is 0 Å². The molecule has 1 rings (SSSR count). The standard InChI is InChI=1S/C13H19N3O4/c1-4-20-9(2)8-15-13(17)11-7-10(16(18)19)5-6-12(11)14-3/h5-7,9,14H,4,8H2,1-3H3,(H,15,17). The van der Waals surface area contributed by atoms with Gasteiger partial charge in [0.15, 0.2) is 0 Å². The Bertz CT molecular complexity index is 491. The minimum atomic E-state index is -0.529. The molecule has 0 radical (unpaired) electrons. The van der Waals surface area contributed by atoms with Gasteiger partial charge in [-0.1, -0.05) is 0 Å². The summed E-state index contributed by atoms with van der Waals surface area (Å²) in [7, 11) is 1.65. The lowest BCUT2D eigenvalue weighted by Crippen LogP contribution is -2.32. The molecule has 1 unspecified atom stereocenters. The molecule has 7 nitrogen and oxygen atoms in total. The molecule has 1 aromatic carbocycles. The molecule has 0 saturated carbocycles. The first kappa shape index (κ1) is 15.9. The Balaban J connectivity index is 2.84. The Morgan fingerprint density at radius 2 is 2.20 bits per heavy atom. The van der Waals surface area contributed by atoms with Gasteiger partial charge in [-0.05, 0) is 19.9 Å². The number of ether oxygens (including phenoxy) is 1. The summed E-state index contributed by atoms with van der Waals surface area (Å²) in [5.74, 6) is -0.371. The fourth-order valence-corrected chi connectivity index (χ4v) is 1.73. The number of hydrogen-bond donors (Lipinski definition) is 2. The van der Waals surface area contributed by atoms with E-state index in [9.17, 15) is 14.9 Å². The molecule has 0 aliphatic rings. The molecule has 0 heterocycles. The average molecular weight is 281 g/mol. The molecule has 110 valence electrons. The second-order valence-corrected chi connectivity index (χ2v) is 4.21. The number of carbonyl (C=O) groups is 1. The number of carbonyl (C=O) groups excluding carboxylic acids is 1. The van der Waals surface area contributed by atoms with E-state index in [1.54, 1.807) is 7.05 Å². The second kappa shape index (κ2) is 7.44. The first-order valence-electron chi connectivity index (χ1n) is 6.35. The fourth-order valence-electron chi connectivity index (χ4n) is 1.73. The van der Waals surface area contributed by atoms with Crippen LogP contribution in [-0.2, 0) is 4.74 Å². The molecule has 0 aromatic heterocycles. The van der Waals surface area contributed by atoms with Crippen LogP contribution in [0.4, 0.5) is 11.4 Å². The molecule has 1 atom stereocenters. The second-order valence-electron chi connectivity index (χ2n) is 4.21. The van der Waals surface area contributed by atoms with Crippen molar-refractivity contribution in [3.8, 4) is 0 Å². The predicted molar refractivity (Wildman–Crippen MR) is 76.1 cm³/mol.